The summed E-state index contributed by atoms with van der Waals surface area (Å²) in [6, 6.07) is 4.13. The zero-order chi connectivity index (χ0) is 14.5. The van der Waals surface area contributed by atoms with Crippen LogP contribution in [0.5, 0.6) is 0 Å². The molecule has 0 aromatic heterocycles. The third kappa shape index (κ3) is 3.93. The van der Waals surface area contributed by atoms with Crippen LogP contribution in [0.2, 0.25) is 5.02 Å². The van der Waals surface area contributed by atoms with Gasteiger partial charge in [0, 0.05) is 17.0 Å². The van der Waals surface area contributed by atoms with Gasteiger partial charge in [0.2, 0.25) is 5.91 Å². The summed E-state index contributed by atoms with van der Waals surface area (Å²) in [7, 11) is 0. The fourth-order valence-electron chi connectivity index (χ4n) is 2.61. The fraction of sp³-hybridized carbons (Fsp3) is 0.533. The van der Waals surface area contributed by atoms with Gasteiger partial charge in [0.15, 0.2) is 0 Å². The number of hydrogen-bond acceptors (Lipinski definition) is 2. The van der Waals surface area contributed by atoms with Gasteiger partial charge in [-0.15, -0.1) is 0 Å². The Morgan fingerprint density at radius 1 is 1.60 bits per heavy atom. The highest BCUT2D eigenvalue weighted by Crippen LogP contribution is 2.25. The first-order chi connectivity index (χ1) is 9.58. The van der Waals surface area contributed by atoms with Crippen molar-refractivity contribution in [2.45, 2.75) is 32.2 Å². The molecular weight excluding hydrogens is 279 g/mol. The van der Waals surface area contributed by atoms with E-state index >= 15 is 0 Å². The van der Waals surface area contributed by atoms with E-state index in [1.165, 1.54) is 6.07 Å². The predicted molar refractivity (Wildman–Crippen MR) is 78.2 cm³/mol. The van der Waals surface area contributed by atoms with Crippen molar-refractivity contribution in [3.63, 3.8) is 0 Å². The maximum Gasteiger partial charge on any atom is 0.220 e. The van der Waals surface area contributed by atoms with Crippen LogP contribution in [0.25, 0.3) is 0 Å². The predicted octanol–water partition coefficient (Wildman–Crippen LogP) is 3.05. The van der Waals surface area contributed by atoms with E-state index in [1.807, 2.05) is 0 Å². The van der Waals surface area contributed by atoms with Crippen molar-refractivity contribution >= 4 is 17.5 Å². The molecule has 0 aliphatic carbocycles. The van der Waals surface area contributed by atoms with E-state index in [2.05, 4.69) is 10.6 Å². The molecule has 2 rings (SSSR count). The number of halogens is 2. The Bertz CT molecular complexity index is 455. The highest BCUT2D eigenvalue weighted by Gasteiger charge is 2.19. The van der Waals surface area contributed by atoms with Gasteiger partial charge in [-0.3, -0.25) is 4.79 Å². The number of amides is 1. The van der Waals surface area contributed by atoms with Crippen molar-refractivity contribution in [3.05, 3.63) is 34.6 Å². The molecule has 0 radical (unpaired) electrons. The molecule has 1 aliphatic heterocycles. The van der Waals surface area contributed by atoms with E-state index in [0.29, 0.717) is 22.9 Å². The van der Waals surface area contributed by atoms with Gasteiger partial charge in [0.1, 0.15) is 5.82 Å². The van der Waals surface area contributed by atoms with Crippen LogP contribution in [0, 0.1) is 11.7 Å². The molecule has 5 heteroatoms. The highest BCUT2D eigenvalue weighted by molar-refractivity contribution is 6.31. The molecule has 1 amide bonds. The molecule has 1 aliphatic rings. The number of nitrogens with one attached hydrogen (secondary N) is 2. The van der Waals surface area contributed by atoms with Crippen LogP contribution in [-0.4, -0.2) is 19.0 Å². The quantitative estimate of drug-likeness (QED) is 0.877. The van der Waals surface area contributed by atoms with E-state index in [9.17, 15) is 9.18 Å². The van der Waals surface area contributed by atoms with Gasteiger partial charge in [-0.25, -0.2) is 4.39 Å². The maximum atomic E-state index is 13.7. The summed E-state index contributed by atoms with van der Waals surface area (Å²) in [6.45, 7) is 3.77. The smallest absolute Gasteiger partial charge is 0.220 e. The largest absolute Gasteiger partial charge is 0.349 e. The average molecular weight is 299 g/mol. The van der Waals surface area contributed by atoms with Crippen molar-refractivity contribution in [1.82, 2.24) is 10.6 Å². The topological polar surface area (TPSA) is 41.1 Å². The molecule has 1 fully saturated rings. The molecule has 0 saturated carbocycles. The monoisotopic (exact) mass is 298 g/mol. The summed E-state index contributed by atoms with van der Waals surface area (Å²) in [5, 5.41) is 6.44. The molecule has 0 spiro atoms. The van der Waals surface area contributed by atoms with Crippen molar-refractivity contribution in [3.8, 4) is 0 Å². The van der Waals surface area contributed by atoms with Gasteiger partial charge < -0.3 is 10.6 Å². The van der Waals surface area contributed by atoms with Crippen LogP contribution >= 0.6 is 11.6 Å². The minimum absolute atomic E-state index is 0.0521. The van der Waals surface area contributed by atoms with Crippen LogP contribution < -0.4 is 10.6 Å². The molecule has 2 atom stereocenters. The summed E-state index contributed by atoms with van der Waals surface area (Å²) in [5.74, 6) is 0.141. The second kappa shape index (κ2) is 7.04. The molecule has 0 bridgehead atoms. The van der Waals surface area contributed by atoms with Gasteiger partial charge in [0.25, 0.3) is 0 Å². The molecule has 1 saturated heterocycles. The van der Waals surface area contributed by atoms with Gasteiger partial charge in [-0.1, -0.05) is 17.7 Å². The van der Waals surface area contributed by atoms with E-state index in [0.717, 1.165) is 25.9 Å². The van der Waals surface area contributed by atoms with Crippen molar-refractivity contribution < 1.29 is 9.18 Å². The lowest BCUT2D eigenvalue weighted by atomic mass is 10.0. The van der Waals surface area contributed by atoms with E-state index in [1.54, 1.807) is 19.1 Å². The molecule has 110 valence electrons. The molecule has 2 unspecified atom stereocenters. The standard InChI is InChI=1S/C15H20ClFN2O/c1-10(15-12(16)3-2-4-13(15)17)19-14(20)6-5-11-7-8-18-9-11/h2-4,10-11,18H,5-9H2,1H3,(H,19,20). The maximum absolute atomic E-state index is 13.7. The second-order valence-electron chi connectivity index (χ2n) is 5.32. The molecule has 1 aromatic rings. The summed E-state index contributed by atoms with van der Waals surface area (Å²) in [4.78, 5) is 11.9. The zero-order valence-corrected chi connectivity index (χ0v) is 12.3. The SMILES string of the molecule is CC(NC(=O)CCC1CCNC1)c1c(F)cccc1Cl. The van der Waals surface area contributed by atoms with Crippen molar-refractivity contribution in [1.29, 1.82) is 0 Å². The normalized spacial score (nSPS) is 19.9. The van der Waals surface area contributed by atoms with Gasteiger partial charge >= 0.3 is 0 Å². The van der Waals surface area contributed by atoms with Crippen molar-refractivity contribution in [2.75, 3.05) is 13.1 Å². The lowest BCUT2D eigenvalue weighted by Crippen LogP contribution is -2.27. The summed E-state index contributed by atoms with van der Waals surface area (Å²) in [5.41, 5.74) is 0.352. The molecule has 1 heterocycles. The van der Waals surface area contributed by atoms with E-state index < -0.39 is 6.04 Å². The Kier molecular flexibility index (Phi) is 5.38. The molecule has 20 heavy (non-hydrogen) atoms. The van der Waals surface area contributed by atoms with E-state index in [4.69, 9.17) is 11.6 Å². The Balaban J connectivity index is 1.87. The van der Waals surface area contributed by atoms with E-state index in [-0.39, 0.29) is 11.7 Å². The van der Waals surface area contributed by atoms with Crippen LogP contribution in [0.1, 0.15) is 37.8 Å². The molecular formula is C15H20ClFN2O. The average Bonchev–Trinajstić information content (AvgIpc) is 2.89. The summed E-state index contributed by atoms with van der Waals surface area (Å²) in [6.07, 6.45) is 2.47. The lowest BCUT2D eigenvalue weighted by molar-refractivity contribution is -0.122. The third-order valence-electron chi connectivity index (χ3n) is 3.75. The minimum Gasteiger partial charge on any atom is -0.349 e. The minimum atomic E-state index is -0.419. The first-order valence-corrected chi connectivity index (χ1v) is 7.39. The second-order valence-corrected chi connectivity index (χ2v) is 5.73. The number of carbonyl (C=O) groups is 1. The number of hydrogen-bond donors (Lipinski definition) is 2. The summed E-state index contributed by atoms with van der Waals surface area (Å²) < 4.78 is 13.7. The first-order valence-electron chi connectivity index (χ1n) is 7.02. The number of rotatable bonds is 5. The van der Waals surface area contributed by atoms with Crippen LogP contribution in [0.4, 0.5) is 4.39 Å². The molecule has 1 aromatic carbocycles. The van der Waals surface area contributed by atoms with Gasteiger partial charge in [-0.05, 0) is 50.9 Å². The van der Waals surface area contributed by atoms with Gasteiger partial charge in [0.05, 0.1) is 6.04 Å². The zero-order valence-electron chi connectivity index (χ0n) is 11.6. The van der Waals surface area contributed by atoms with Gasteiger partial charge in [-0.2, -0.15) is 0 Å². The Morgan fingerprint density at radius 2 is 2.40 bits per heavy atom. The molecule has 3 nitrogen and oxygen atoms in total. The fourth-order valence-corrected chi connectivity index (χ4v) is 2.93. The number of carbonyl (C=O) groups excluding carboxylic acids is 1. The Labute approximate surface area is 123 Å². The summed E-state index contributed by atoms with van der Waals surface area (Å²) >= 11 is 5.99. The Hall–Kier alpha value is -1.13. The first kappa shape index (κ1) is 15.3. The highest BCUT2D eigenvalue weighted by atomic mass is 35.5. The van der Waals surface area contributed by atoms with Crippen LogP contribution in [0.15, 0.2) is 18.2 Å². The van der Waals surface area contributed by atoms with Crippen LogP contribution in [-0.2, 0) is 4.79 Å². The van der Waals surface area contributed by atoms with Crippen LogP contribution in [0.3, 0.4) is 0 Å². The van der Waals surface area contributed by atoms with Crippen molar-refractivity contribution in [2.24, 2.45) is 5.92 Å². The molecule has 2 N–H and O–H groups in total. The Morgan fingerprint density at radius 3 is 3.05 bits per heavy atom. The lowest BCUT2D eigenvalue weighted by Gasteiger charge is -2.17. The third-order valence-corrected chi connectivity index (χ3v) is 4.08. The number of benzene rings is 1.